The van der Waals surface area contributed by atoms with E-state index in [-0.39, 0.29) is 25.7 Å². The average molecular weight is 1400 g/mol. The zero-order valence-corrected chi connectivity index (χ0v) is 63.8. The van der Waals surface area contributed by atoms with Crippen molar-refractivity contribution in [3.05, 3.63) is 0 Å². The molecule has 0 aliphatic rings. The Labute approximate surface area is 581 Å². The van der Waals surface area contributed by atoms with E-state index in [0.717, 1.165) is 102 Å². The molecule has 7 atom stereocenters. The summed E-state index contributed by atoms with van der Waals surface area (Å²) in [6.07, 6.45) is 55.3. The number of hydrogen-bond acceptors (Lipinski definition) is 15. The molecule has 0 fully saturated rings. The first kappa shape index (κ1) is 93.1. The van der Waals surface area contributed by atoms with Gasteiger partial charge in [-0.15, -0.1) is 0 Å². The normalized spacial score (nSPS) is 14.6. The summed E-state index contributed by atoms with van der Waals surface area (Å²) in [5.41, 5.74) is 0. The monoisotopic (exact) mass is 1400 g/mol. The third-order valence-electron chi connectivity index (χ3n) is 18.4. The summed E-state index contributed by atoms with van der Waals surface area (Å²) in [5, 5.41) is 10.6. The number of aliphatic hydroxyl groups excluding tert-OH is 1. The zero-order chi connectivity index (χ0) is 70.0. The lowest BCUT2D eigenvalue weighted by Crippen LogP contribution is -2.30. The lowest BCUT2D eigenvalue weighted by molar-refractivity contribution is -0.161. The van der Waals surface area contributed by atoms with Crippen molar-refractivity contribution in [3.63, 3.8) is 0 Å². The van der Waals surface area contributed by atoms with Crippen molar-refractivity contribution in [2.24, 2.45) is 11.8 Å². The number of esters is 4. The fraction of sp³-hybridized carbons (Fsp3) is 0.947. The van der Waals surface area contributed by atoms with Gasteiger partial charge in [0.15, 0.2) is 12.2 Å². The Morgan fingerprint density at radius 1 is 0.295 bits per heavy atom. The van der Waals surface area contributed by atoms with Gasteiger partial charge in [-0.2, -0.15) is 0 Å². The van der Waals surface area contributed by atoms with Crippen LogP contribution < -0.4 is 0 Å². The highest BCUT2D eigenvalue weighted by Gasteiger charge is 2.30. The molecule has 0 aliphatic heterocycles. The Bertz CT molecular complexity index is 1840. The molecular formula is C76H148O17P2. The summed E-state index contributed by atoms with van der Waals surface area (Å²) in [6, 6.07) is 0. The number of phosphoric ester groups is 2. The fourth-order valence-electron chi connectivity index (χ4n) is 11.6. The second-order valence-electron chi connectivity index (χ2n) is 27.9. The number of phosphoric acid groups is 2. The summed E-state index contributed by atoms with van der Waals surface area (Å²) in [4.78, 5) is 72.8. The van der Waals surface area contributed by atoms with Crippen molar-refractivity contribution in [1.82, 2.24) is 0 Å². The number of rotatable bonds is 75. The predicted octanol–water partition coefficient (Wildman–Crippen LogP) is 22.3. The first-order valence-corrected chi connectivity index (χ1v) is 42.6. The van der Waals surface area contributed by atoms with E-state index >= 15 is 0 Å². The van der Waals surface area contributed by atoms with Gasteiger partial charge in [-0.3, -0.25) is 37.3 Å². The molecule has 4 unspecified atom stereocenters. The van der Waals surface area contributed by atoms with E-state index < -0.39 is 97.5 Å². The smallest absolute Gasteiger partial charge is 0.462 e. The average Bonchev–Trinajstić information content (AvgIpc) is 1.66. The van der Waals surface area contributed by atoms with Crippen LogP contribution >= 0.6 is 15.6 Å². The van der Waals surface area contributed by atoms with Crippen LogP contribution in [0, 0.1) is 11.8 Å². The molecule has 0 spiro atoms. The maximum Gasteiger partial charge on any atom is 0.472 e. The molecule has 0 aromatic heterocycles. The van der Waals surface area contributed by atoms with Crippen LogP contribution in [0.4, 0.5) is 0 Å². The maximum atomic E-state index is 13.1. The number of unbranched alkanes of at least 4 members (excludes halogenated alkanes) is 43. The van der Waals surface area contributed by atoms with E-state index in [1.54, 1.807) is 0 Å². The first-order chi connectivity index (χ1) is 45.9. The van der Waals surface area contributed by atoms with Gasteiger partial charge in [0.2, 0.25) is 0 Å². The van der Waals surface area contributed by atoms with E-state index in [1.807, 2.05) is 0 Å². The van der Waals surface area contributed by atoms with E-state index in [1.165, 1.54) is 212 Å². The lowest BCUT2D eigenvalue weighted by atomic mass is 9.99. The Balaban J connectivity index is 5.25. The molecule has 0 amide bonds. The molecule has 19 heteroatoms. The van der Waals surface area contributed by atoms with Gasteiger partial charge < -0.3 is 33.8 Å². The molecular weight excluding hydrogens is 1250 g/mol. The number of aliphatic hydroxyl groups is 1. The molecule has 0 aromatic carbocycles. The lowest BCUT2D eigenvalue weighted by Gasteiger charge is -2.21. The van der Waals surface area contributed by atoms with Crippen LogP contribution in [0.1, 0.15) is 395 Å². The summed E-state index contributed by atoms with van der Waals surface area (Å²) in [5.74, 6) is -0.500. The molecule has 0 heterocycles. The quantitative estimate of drug-likeness (QED) is 0.0222. The standard InChI is InChI=1S/C76H148O17P2/c1-7-11-13-15-17-19-21-22-23-27-30-34-41-47-53-59-74(79)87-64-71(92-75(80)60-54-48-42-35-31-28-25-24-26-29-32-38-44-50-56-68(5)9-3)66-90-94(82,83)88-62-70(77)63-89-95(84,85)91-67-72(65-86-73(78)58-52-46-40-33-20-18-16-14-12-8-2)93-76(81)61-55-49-43-37-36-39-45-51-57-69(6)10-4/h68-72,77H,7-67H2,1-6H3,(H,82,83)(H,84,85)/t68?,69?,70-,71-,72-/m1/s1. The summed E-state index contributed by atoms with van der Waals surface area (Å²) >= 11 is 0. The van der Waals surface area contributed by atoms with E-state index in [9.17, 15) is 43.2 Å². The summed E-state index contributed by atoms with van der Waals surface area (Å²) in [6.45, 7) is 9.64. The molecule has 0 bridgehead atoms. The van der Waals surface area contributed by atoms with Crippen LogP contribution in [0.5, 0.6) is 0 Å². The summed E-state index contributed by atoms with van der Waals surface area (Å²) < 4.78 is 68.5. The minimum absolute atomic E-state index is 0.105. The van der Waals surface area contributed by atoms with E-state index in [0.29, 0.717) is 25.7 Å². The van der Waals surface area contributed by atoms with Gasteiger partial charge in [0.1, 0.15) is 19.3 Å². The van der Waals surface area contributed by atoms with Crippen molar-refractivity contribution in [2.45, 2.75) is 413 Å². The van der Waals surface area contributed by atoms with Gasteiger partial charge >= 0.3 is 39.5 Å². The van der Waals surface area contributed by atoms with E-state index in [2.05, 4.69) is 41.5 Å². The third-order valence-corrected chi connectivity index (χ3v) is 20.3. The molecule has 0 aliphatic carbocycles. The third kappa shape index (κ3) is 67.6. The Hall–Kier alpha value is -1.94. The molecule has 564 valence electrons. The van der Waals surface area contributed by atoms with Gasteiger partial charge in [-0.1, -0.05) is 343 Å². The number of carbonyl (C=O) groups is 4. The highest BCUT2D eigenvalue weighted by Crippen LogP contribution is 2.45. The maximum absolute atomic E-state index is 13.1. The molecule has 0 saturated heterocycles. The van der Waals surface area contributed by atoms with Crippen LogP contribution in [0.15, 0.2) is 0 Å². The second kappa shape index (κ2) is 67.9. The zero-order valence-electron chi connectivity index (χ0n) is 62.0. The number of hydrogen-bond donors (Lipinski definition) is 3. The van der Waals surface area contributed by atoms with Gasteiger partial charge in [0.25, 0.3) is 0 Å². The molecule has 0 rings (SSSR count). The number of carbonyl (C=O) groups excluding carboxylic acids is 4. The first-order valence-electron chi connectivity index (χ1n) is 39.6. The SMILES string of the molecule is CCCCCCCCCCCCCCCCCC(=O)OC[C@H](COP(=O)(O)OC[C@@H](O)COP(=O)(O)OC[C@@H](COC(=O)CCCCCCCCCCCC)OC(=O)CCCCCCCCCCC(C)CC)OC(=O)CCCCCCCCCCCCCCCCC(C)CC. The Morgan fingerprint density at radius 3 is 0.747 bits per heavy atom. The summed E-state index contributed by atoms with van der Waals surface area (Å²) in [7, 11) is -9.91. The number of ether oxygens (including phenoxy) is 4. The van der Waals surface area contributed by atoms with Crippen LogP contribution in [-0.4, -0.2) is 96.7 Å². The van der Waals surface area contributed by atoms with Gasteiger partial charge in [-0.05, 0) is 37.5 Å². The Kier molecular flexibility index (Phi) is 66.5. The largest absolute Gasteiger partial charge is 0.472 e. The van der Waals surface area contributed by atoms with Crippen molar-refractivity contribution in [1.29, 1.82) is 0 Å². The fourth-order valence-corrected chi connectivity index (χ4v) is 13.2. The molecule has 95 heavy (non-hydrogen) atoms. The van der Waals surface area contributed by atoms with Crippen molar-refractivity contribution < 1.29 is 80.2 Å². The van der Waals surface area contributed by atoms with Gasteiger partial charge in [0.05, 0.1) is 26.4 Å². The van der Waals surface area contributed by atoms with Crippen LogP contribution in [0.3, 0.4) is 0 Å². The van der Waals surface area contributed by atoms with Crippen LogP contribution in [-0.2, 0) is 65.4 Å². The molecule has 3 N–H and O–H groups in total. The van der Waals surface area contributed by atoms with Crippen LogP contribution in [0.2, 0.25) is 0 Å². The van der Waals surface area contributed by atoms with Crippen molar-refractivity contribution in [3.8, 4) is 0 Å². The minimum atomic E-state index is -4.96. The highest BCUT2D eigenvalue weighted by molar-refractivity contribution is 7.47. The second-order valence-corrected chi connectivity index (χ2v) is 30.8. The van der Waals surface area contributed by atoms with Crippen molar-refractivity contribution in [2.75, 3.05) is 39.6 Å². The Morgan fingerprint density at radius 2 is 0.505 bits per heavy atom. The predicted molar refractivity (Wildman–Crippen MR) is 386 cm³/mol. The van der Waals surface area contributed by atoms with Gasteiger partial charge in [-0.25, -0.2) is 9.13 Å². The molecule has 0 saturated carbocycles. The molecule has 17 nitrogen and oxygen atoms in total. The topological polar surface area (TPSA) is 237 Å². The molecule has 0 aromatic rings. The van der Waals surface area contributed by atoms with E-state index in [4.69, 9.17) is 37.0 Å². The van der Waals surface area contributed by atoms with Crippen molar-refractivity contribution >= 4 is 39.5 Å². The minimum Gasteiger partial charge on any atom is -0.462 e. The molecule has 0 radical (unpaired) electrons. The highest BCUT2D eigenvalue weighted by atomic mass is 31.2. The van der Waals surface area contributed by atoms with Gasteiger partial charge in [0, 0.05) is 25.7 Å². The van der Waals surface area contributed by atoms with Crippen LogP contribution in [0.25, 0.3) is 0 Å².